The molecule has 0 amide bonds. The Hall–Kier alpha value is -4.57. The molecule has 186 valence electrons. The maximum atomic E-state index is 5.28. The zero-order chi connectivity index (χ0) is 26.2. The highest BCUT2D eigenvalue weighted by atomic mass is 32.1. The molecule has 9 rings (SSSR count). The molecule has 3 heterocycles. The minimum atomic E-state index is 1.03. The fraction of sp³-hybridized carbons (Fsp3) is 0. The lowest BCUT2D eigenvalue weighted by Crippen LogP contribution is -1.91. The molecule has 0 unspecified atom stereocenters. The lowest BCUT2D eigenvalue weighted by molar-refractivity contribution is 1.43. The Labute approximate surface area is 238 Å². The van der Waals surface area contributed by atoms with Gasteiger partial charge in [0.25, 0.3) is 0 Å². The van der Waals surface area contributed by atoms with Gasteiger partial charge in [-0.2, -0.15) is 0 Å². The van der Waals surface area contributed by atoms with Gasteiger partial charge in [0.15, 0.2) is 0 Å². The molecule has 0 aliphatic heterocycles. The van der Waals surface area contributed by atoms with Crippen molar-refractivity contribution in [2.75, 3.05) is 0 Å². The number of pyridine rings is 1. The van der Waals surface area contributed by atoms with Crippen molar-refractivity contribution in [3.63, 3.8) is 0 Å². The molecular formula is C37H21NS2. The van der Waals surface area contributed by atoms with Crippen LogP contribution in [0.2, 0.25) is 0 Å². The second-order valence-corrected chi connectivity index (χ2v) is 12.4. The maximum absolute atomic E-state index is 5.28. The lowest BCUT2D eigenvalue weighted by Gasteiger charge is -2.13. The predicted molar refractivity (Wildman–Crippen MR) is 176 cm³/mol. The van der Waals surface area contributed by atoms with Crippen molar-refractivity contribution < 1.29 is 0 Å². The summed E-state index contributed by atoms with van der Waals surface area (Å²) in [5, 5.41) is 9.02. The summed E-state index contributed by atoms with van der Waals surface area (Å²) < 4.78 is 5.31. The molecule has 0 radical (unpaired) electrons. The van der Waals surface area contributed by atoms with Crippen molar-refractivity contribution in [3.05, 3.63) is 127 Å². The second-order valence-electron chi connectivity index (χ2n) is 10.3. The van der Waals surface area contributed by atoms with Crippen molar-refractivity contribution in [1.82, 2.24) is 4.98 Å². The highest BCUT2D eigenvalue weighted by molar-refractivity contribution is 7.26. The molecule has 3 heteroatoms. The van der Waals surface area contributed by atoms with E-state index < -0.39 is 0 Å². The van der Waals surface area contributed by atoms with Gasteiger partial charge >= 0.3 is 0 Å². The number of fused-ring (bicyclic) bond motifs is 10. The van der Waals surface area contributed by atoms with E-state index in [-0.39, 0.29) is 0 Å². The monoisotopic (exact) mass is 543 g/mol. The van der Waals surface area contributed by atoms with Gasteiger partial charge in [0.2, 0.25) is 0 Å². The van der Waals surface area contributed by atoms with E-state index in [2.05, 4.69) is 127 Å². The SMILES string of the molecule is c1cc(-c2nc3ccccc3c3c2ccc2sc4ccccc4c23)cc(-c2cccc3c2sc2ccccc23)c1. The van der Waals surface area contributed by atoms with Crippen molar-refractivity contribution in [2.45, 2.75) is 0 Å². The van der Waals surface area contributed by atoms with Crippen molar-refractivity contribution in [1.29, 1.82) is 0 Å². The number of para-hydroxylation sites is 1. The summed E-state index contributed by atoms with van der Waals surface area (Å²) >= 11 is 3.75. The molecule has 0 aliphatic carbocycles. The van der Waals surface area contributed by atoms with Crippen LogP contribution in [0.1, 0.15) is 0 Å². The molecular weight excluding hydrogens is 523 g/mol. The van der Waals surface area contributed by atoms with Crippen LogP contribution in [-0.2, 0) is 0 Å². The molecule has 1 nitrogen and oxygen atoms in total. The van der Waals surface area contributed by atoms with Crippen LogP contribution in [0.4, 0.5) is 0 Å². The highest BCUT2D eigenvalue weighted by Crippen LogP contribution is 2.44. The van der Waals surface area contributed by atoms with Gasteiger partial charge in [0.1, 0.15) is 0 Å². The van der Waals surface area contributed by atoms with Gasteiger partial charge in [-0.15, -0.1) is 22.7 Å². The van der Waals surface area contributed by atoms with Gasteiger partial charge in [-0.25, -0.2) is 4.98 Å². The van der Waals surface area contributed by atoms with Crippen LogP contribution >= 0.6 is 22.7 Å². The Kier molecular flexibility index (Phi) is 4.71. The van der Waals surface area contributed by atoms with Crippen molar-refractivity contribution >= 4 is 84.7 Å². The Morgan fingerprint density at radius 1 is 0.425 bits per heavy atom. The summed E-state index contributed by atoms with van der Waals surface area (Å²) in [6, 6.07) is 46.3. The summed E-state index contributed by atoms with van der Waals surface area (Å²) in [6.45, 7) is 0. The first-order valence-electron chi connectivity index (χ1n) is 13.5. The van der Waals surface area contributed by atoms with E-state index in [0.717, 1.165) is 16.8 Å². The molecule has 0 saturated carbocycles. The van der Waals surface area contributed by atoms with Crippen molar-refractivity contribution in [3.8, 4) is 22.4 Å². The first-order valence-corrected chi connectivity index (χ1v) is 15.1. The summed E-state index contributed by atoms with van der Waals surface area (Å²) in [5.74, 6) is 0. The van der Waals surface area contributed by atoms with Crippen LogP contribution in [0.15, 0.2) is 127 Å². The van der Waals surface area contributed by atoms with E-state index in [9.17, 15) is 0 Å². The average molecular weight is 544 g/mol. The Morgan fingerprint density at radius 2 is 1.12 bits per heavy atom. The lowest BCUT2D eigenvalue weighted by atomic mass is 9.94. The normalized spacial score (nSPS) is 12.0. The highest BCUT2D eigenvalue weighted by Gasteiger charge is 2.17. The molecule has 0 atom stereocenters. The summed E-state index contributed by atoms with van der Waals surface area (Å²) in [4.78, 5) is 5.28. The quantitative estimate of drug-likeness (QED) is 0.198. The van der Waals surface area contributed by atoms with E-state index in [1.807, 2.05) is 22.7 Å². The Morgan fingerprint density at radius 3 is 2.02 bits per heavy atom. The molecule has 0 fully saturated rings. The number of thiophene rings is 2. The van der Waals surface area contributed by atoms with Gasteiger partial charge in [-0.3, -0.25) is 0 Å². The third kappa shape index (κ3) is 3.16. The molecule has 0 saturated heterocycles. The molecule has 0 aliphatic rings. The van der Waals surface area contributed by atoms with Crippen molar-refractivity contribution in [2.24, 2.45) is 0 Å². The third-order valence-corrected chi connectivity index (χ3v) is 10.4. The molecule has 9 aromatic rings. The minimum Gasteiger partial charge on any atom is -0.247 e. The largest absolute Gasteiger partial charge is 0.247 e. The van der Waals surface area contributed by atoms with E-state index in [0.29, 0.717) is 0 Å². The standard InChI is InChI=1S/C37H21NS2/c1-4-16-30-27(12-1)34-29(19-20-33-35(34)28-13-3-6-18-32(28)39-33)36(38-30)23-10-7-9-22(21-23)24-14-8-15-26-25-11-2-5-17-31(25)40-37(24)26/h1-21H. The zero-order valence-corrected chi connectivity index (χ0v) is 23.0. The number of hydrogen-bond donors (Lipinski definition) is 0. The molecule has 0 bridgehead atoms. The Balaban J connectivity index is 1.34. The van der Waals surface area contributed by atoms with Gasteiger partial charge < -0.3 is 0 Å². The summed E-state index contributed by atoms with van der Waals surface area (Å²) in [7, 11) is 0. The number of aromatic nitrogens is 1. The predicted octanol–water partition coefficient (Wildman–Crippen LogP) is 11.5. The molecule has 40 heavy (non-hydrogen) atoms. The summed E-state index contributed by atoms with van der Waals surface area (Å²) in [6.07, 6.45) is 0. The minimum absolute atomic E-state index is 1.03. The summed E-state index contributed by atoms with van der Waals surface area (Å²) in [5.41, 5.74) is 5.71. The maximum Gasteiger partial charge on any atom is 0.0788 e. The van der Waals surface area contributed by atoms with Gasteiger partial charge in [0, 0.05) is 62.1 Å². The number of benzene rings is 6. The van der Waals surface area contributed by atoms with Crippen LogP contribution in [-0.4, -0.2) is 4.98 Å². The van der Waals surface area contributed by atoms with E-state index in [1.54, 1.807) is 0 Å². The van der Waals surface area contributed by atoms with E-state index >= 15 is 0 Å². The van der Waals surface area contributed by atoms with Gasteiger partial charge in [-0.1, -0.05) is 97.1 Å². The van der Waals surface area contributed by atoms with Gasteiger partial charge in [-0.05, 0) is 41.5 Å². The average Bonchev–Trinajstić information content (AvgIpc) is 3.59. The zero-order valence-electron chi connectivity index (χ0n) is 21.4. The molecule has 0 spiro atoms. The fourth-order valence-corrected chi connectivity index (χ4v) is 8.64. The topological polar surface area (TPSA) is 12.9 Å². The first-order chi connectivity index (χ1) is 19.8. The second kappa shape index (κ2) is 8.46. The van der Waals surface area contributed by atoms with E-state index in [1.165, 1.54) is 67.6 Å². The van der Waals surface area contributed by atoms with Gasteiger partial charge in [0.05, 0.1) is 11.2 Å². The molecule has 6 aromatic carbocycles. The van der Waals surface area contributed by atoms with Crippen LogP contribution < -0.4 is 0 Å². The van der Waals surface area contributed by atoms with Crippen LogP contribution in [0.5, 0.6) is 0 Å². The first kappa shape index (κ1) is 22.3. The van der Waals surface area contributed by atoms with Crippen LogP contribution in [0.3, 0.4) is 0 Å². The fourth-order valence-electron chi connectivity index (χ4n) is 6.29. The molecule has 3 aromatic heterocycles. The molecule has 0 N–H and O–H groups in total. The van der Waals surface area contributed by atoms with E-state index in [4.69, 9.17) is 4.98 Å². The number of nitrogens with zero attached hydrogens (tertiary/aromatic N) is 1. The smallest absolute Gasteiger partial charge is 0.0788 e. The van der Waals surface area contributed by atoms with Crippen LogP contribution in [0.25, 0.3) is 84.4 Å². The Bertz CT molecular complexity index is 2440. The van der Waals surface area contributed by atoms with Crippen LogP contribution in [0, 0.1) is 0 Å². The number of hydrogen-bond acceptors (Lipinski definition) is 3. The third-order valence-electron chi connectivity index (χ3n) is 8.06. The number of rotatable bonds is 2.